The zero-order chi connectivity index (χ0) is 11.6. The third kappa shape index (κ3) is 2.65. The summed E-state index contributed by atoms with van der Waals surface area (Å²) in [6.07, 6.45) is 0. The van der Waals surface area contributed by atoms with E-state index < -0.39 is 22.6 Å². The molecule has 0 saturated heterocycles. The van der Waals surface area contributed by atoms with Crippen LogP contribution in [-0.2, 0) is 11.8 Å². The lowest BCUT2D eigenvalue weighted by Gasteiger charge is -2.05. The van der Waals surface area contributed by atoms with Gasteiger partial charge in [0.15, 0.2) is 5.16 Å². The van der Waals surface area contributed by atoms with Crippen molar-refractivity contribution >= 4 is 17.7 Å². The number of aryl methyl sites for hydroxylation is 1. The summed E-state index contributed by atoms with van der Waals surface area (Å²) in [7, 11) is 1.31. The molecule has 1 heterocycles. The van der Waals surface area contributed by atoms with Crippen LogP contribution in [0.4, 0.5) is 4.39 Å². The molecule has 7 nitrogen and oxygen atoms in total. The number of hydrogen-bond acceptors (Lipinski definition) is 5. The first kappa shape index (κ1) is 11.4. The first-order valence-corrected chi connectivity index (χ1v) is 4.50. The van der Waals surface area contributed by atoms with Crippen LogP contribution in [0.15, 0.2) is 14.7 Å². The fourth-order valence-electron chi connectivity index (χ4n) is 0.709. The number of alkyl halides is 1. The standard InChI is InChI=1S/C6H6FN3O4S/c1-10-6(15-2(7)5(13)14)8-3(11)4(12)9-10/h2H,1H3,(H,9,12)(H,13,14). The molecule has 0 fully saturated rings. The summed E-state index contributed by atoms with van der Waals surface area (Å²) in [4.78, 5) is 34.9. The van der Waals surface area contributed by atoms with Crippen molar-refractivity contribution < 1.29 is 14.3 Å². The van der Waals surface area contributed by atoms with Gasteiger partial charge in [0, 0.05) is 7.05 Å². The Balaban J connectivity index is 3.06. The van der Waals surface area contributed by atoms with E-state index in [1.54, 1.807) is 0 Å². The van der Waals surface area contributed by atoms with Crippen molar-refractivity contribution in [2.45, 2.75) is 10.7 Å². The van der Waals surface area contributed by atoms with Gasteiger partial charge in [0.2, 0.25) is 5.50 Å². The number of carbonyl (C=O) groups is 1. The third-order valence-electron chi connectivity index (χ3n) is 1.35. The van der Waals surface area contributed by atoms with Crippen LogP contribution in [0.3, 0.4) is 0 Å². The van der Waals surface area contributed by atoms with Gasteiger partial charge in [0.1, 0.15) is 0 Å². The van der Waals surface area contributed by atoms with E-state index in [-0.39, 0.29) is 16.9 Å². The van der Waals surface area contributed by atoms with Crippen molar-refractivity contribution in [1.82, 2.24) is 14.8 Å². The van der Waals surface area contributed by atoms with Crippen LogP contribution in [0.5, 0.6) is 0 Å². The molecule has 9 heteroatoms. The number of aromatic amines is 1. The van der Waals surface area contributed by atoms with Crippen molar-refractivity contribution in [2.75, 3.05) is 0 Å². The topological polar surface area (TPSA) is 105 Å². The van der Waals surface area contributed by atoms with Crippen molar-refractivity contribution in [3.8, 4) is 0 Å². The normalized spacial score (nSPS) is 12.4. The quantitative estimate of drug-likeness (QED) is 0.511. The Hall–Kier alpha value is -1.64. The summed E-state index contributed by atoms with van der Waals surface area (Å²) in [6, 6.07) is 0. The predicted octanol–water partition coefficient (Wildman–Crippen LogP) is -1.06. The average Bonchev–Trinajstić information content (AvgIpc) is 2.13. The summed E-state index contributed by atoms with van der Waals surface area (Å²) in [5, 5.41) is 10.1. The number of aromatic nitrogens is 3. The van der Waals surface area contributed by atoms with Gasteiger partial charge in [-0.1, -0.05) is 0 Å². The van der Waals surface area contributed by atoms with Gasteiger partial charge in [0.25, 0.3) is 0 Å². The maximum absolute atomic E-state index is 12.7. The molecule has 82 valence electrons. The number of hydrogen-bond donors (Lipinski definition) is 2. The number of thioether (sulfide) groups is 1. The SMILES string of the molecule is Cn1[nH]c(=O)c(=O)nc1SC(F)C(=O)O. The highest BCUT2D eigenvalue weighted by atomic mass is 32.2. The third-order valence-corrected chi connectivity index (χ3v) is 2.34. The molecule has 0 aliphatic rings. The Morgan fingerprint density at radius 2 is 2.27 bits per heavy atom. The molecular weight excluding hydrogens is 229 g/mol. The van der Waals surface area contributed by atoms with Crippen molar-refractivity contribution in [3.63, 3.8) is 0 Å². The average molecular weight is 235 g/mol. The molecule has 0 spiro atoms. The minimum Gasteiger partial charge on any atom is -0.478 e. The minimum absolute atomic E-state index is 0.213. The van der Waals surface area contributed by atoms with Gasteiger partial charge in [-0.05, 0) is 11.8 Å². The van der Waals surface area contributed by atoms with Crippen molar-refractivity contribution in [3.05, 3.63) is 20.7 Å². The number of halogens is 1. The Labute approximate surface area is 85.9 Å². The fraction of sp³-hybridized carbons (Fsp3) is 0.333. The largest absolute Gasteiger partial charge is 0.478 e. The predicted molar refractivity (Wildman–Crippen MR) is 48.5 cm³/mol. The molecular formula is C6H6FN3O4S. The van der Waals surface area contributed by atoms with E-state index in [0.717, 1.165) is 4.68 Å². The number of H-pyrrole nitrogens is 1. The lowest BCUT2D eigenvalue weighted by molar-refractivity contribution is -0.139. The van der Waals surface area contributed by atoms with E-state index >= 15 is 0 Å². The summed E-state index contributed by atoms with van der Waals surface area (Å²) in [5.41, 5.74) is -4.28. The Morgan fingerprint density at radius 3 is 2.80 bits per heavy atom. The molecule has 1 unspecified atom stereocenters. The fourth-order valence-corrected chi connectivity index (χ4v) is 1.33. The smallest absolute Gasteiger partial charge is 0.349 e. The molecule has 1 atom stereocenters. The molecule has 2 N–H and O–H groups in total. The Kier molecular flexibility index (Phi) is 3.24. The Bertz CT molecular complexity index is 496. The maximum atomic E-state index is 12.7. The van der Waals surface area contributed by atoms with Gasteiger partial charge in [-0.15, -0.1) is 0 Å². The lowest BCUT2D eigenvalue weighted by Crippen LogP contribution is -2.34. The second kappa shape index (κ2) is 4.26. The maximum Gasteiger partial charge on any atom is 0.349 e. The van der Waals surface area contributed by atoms with Crippen LogP contribution >= 0.6 is 11.8 Å². The van der Waals surface area contributed by atoms with E-state index in [2.05, 4.69) is 10.1 Å². The first-order valence-electron chi connectivity index (χ1n) is 3.62. The van der Waals surface area contributed by atoms with Gasteiger partial charge in [-0.3, -0.25) is 19.4 Å². The number of nitrogens with zero attached hydrogens (tertiary/aromatic N) is 2. The number of nitrogens with one attached hydrogen (secondary N) is 1. The highest BCUT2D eigenvalue weighted by Gasteiger charge is 2.20. The van der Waals surface area contributed by atoms with Crippen LogP contribution in [0.25, 0.3) is 0 Å². The van der Waals surface area contributed by atoms with E-state index in [0.29, 0.717) is 0 Å². The lowest BCUT2D eigenvalue weighted by atomic mass is 10.8. The number of carboxylic acids is 1. The number of carboxylic acid groups (broad SMARTS) is 1. The molecule has 1 aromatic rings. The number of rotatable bonds is 3. The molecule has 0 aliphatic heterocycles. The van der Waals surface area contributed by atoms with Gasteiger partial charge < -0.3 is 5.11 Å². The summed E-state index contributed by atoms with van der Waals surface area (Å²) in [6.45, 7) is 0. The van der Waals surface area contributed by atoms with E-state index in [4.69, 9.17) is 5.11 Å². The second-order valence-corrected chi connectivity index (χ2v) is 3.49. The molecule has 0 aliphatic carbocycles. The van der Waals surface area contributed by atoms with Crippen molar-refractivity contribution in [1.29, 1.82) is 0 Å². The molecule has 1 rings (SSSR count). The van der Waals surface area contributed by atoms with E-state index in [1.165, 1.54) is 7.05 Å². The van der Waals surface area contributed by atoms with Crippen LogP contribution in [0.1, 0.15) is 0 Å². The van der Waals surface area contributed by atoms with E-state index in [1.807, 2.05) is 0 Å². The van der Waals surface area contributed by atoms with Gasteiger partial charge >= 0.3 is 17.1 Å². The molecule has 0 saturated carbocycles. The summed E-state index contributed by atoms with van der Waals surface area (Å²) >= 11 is 0.217. The van der Waals surface area contributed by atoms with Gasteiger partial charge in [-0.25, -0.2) is 9.18 Å². The van der Waals surface area contributed by atoms with Crippen LogP contribution < -0.4 is 11.1 Å². The molecule has 0 bridgehead atoms. The molecule has 1 aromatic heterocycles. The zero-order valence-electron chi connectivity index (χ0n) is 7.43. The van der Waals surface area contributed by atoms with Crippen molar-refractivity contribution in [2.24, 2.45) is 7.05 Å². The van der Waals surface area contributed by atoms with E-state index in [9.17, 15) is 18.8 Å². The summed E-state index contributed by atoms with van der Waals surface area (Å²) < 4.78 is 13.7. The van der Waals surface area contributed by atoms with Crippen LogP contribution in [-0.4, -0.2) is 31.3 Å². The van der Waals surface area contributed by atoms with Crippen LogP contribution in [0, 0.1) is 0 Å². The minimum atomic E-state index is -2.24. The molecule has 0 amide bonds. The highest BCUT2D eigenvalue weighted by molar-refractivity contribution is 8.00. The molecule has 0 aromatic carbocycles. The van der Waals surface area contributed by atoms with Crippen LogP contribution in [0.2, 0.25) is 0 Å². The second-order valence-electron chi connectivity index (χ2n) is 2.47. The van der Waals surface area contributed by atoms with Gasteiger partial charge in [-0.2, -0.15) is 4.98 Å². The van der Waals surface area contributed by atoms with Gasteiger partial charge in [0.05, 0.1) is 0 Å². The molecule has 0 radical (unpaired) electrons. The first-order chi connectivity index (χ1) is 6.91. The monoisotopic (exact) mass is 235 g/mol. The number of aliphatic carboxylic acids is 1. The Morgan fingerprint density at radius 1 is 1.67 bits per heavy atom. The zero-order valence-corrected chi connectivity index (χ0v) is 8.25. The highest BCUT2D eigenvalue weighted by Crippen LogP contribution is 2.19. The summed E-state index contributed by atoms with van der Waals surface area (Å²) in [5.74, 6) is -1.68. The molecule has 15 heavy (non-hydrogen) atoms.